The highest BCUT2D eigenvalue weighted by atomic mass is 14.5. The quantitative estimate of drug-likeness (QED) is 0.163. The molecule has 0 aromatic heterocycles. The van der Waals surface area contributed by atoms with Crippen LogP contribution in [0, 0.1) is 5.92 Å². The minimum Gasteiger partial charge on any atom is -0.0796 e. The predicted molar refractivity (Wildman–Crippen MR) is 230 cm³/mol. The fourth-order valence-corrected chi connectivity index (χ4v) is 9.87. The molecular formula is C53H42. The van der Waals surface area contributed by atoms with E-state index < -0.39 is 0 Å². The van der Waals surface area contributed by atoms with Crippen LogP contribution in [0.1, 0.15) is 44.7 Å². The van der Waals surface area contributed by atoms with Crippen molar-refractivity contribution in [1.29, 1.82) is 0 Å². The van der Waals surface area contributed by atoms with Gasteiger partial charge in [0.2, 0.25) is 0 Å². The number of hydrogen-bond donors (Lipinski definition) is 0. The molecule has 8 aromatic rings. The fraction of sp³-hybridized carbons (Fsp3) is 0.132. The van der Waals surface area contributed by atoms with E-state index in [0.717, 1.165) is 0 Å². The standard InChI is InChI=1S/C53H42/c1-5-39-40(6-2)52(47-31-37-17-9-10-18-41(37)42-19-11-12-20-43(42)47)46-28-25-36(35-24-23-33-15-7-8-16-34(33)29-35)30-48(46)51(39)38-26-27-45-44-21-13-14-22-49(44)53(3,4)50(45)32-38/h5-32,44,49H,1-4H3. The Bertz CT molecular complexity index is 3000. The normalized spacial score (nSPS) is 18.0. The zero-order valence-corrected chi connectivity index (χ0v) is 30.8. The maximum Gasteiger partial charge on any atom is 0.00953 e. The molecule has 2 unspecified atom stereocenters. The van der Waals surface area contributed by atoms with E-state index in [1.807, 2.05) is 0 Å². The Morgan fingerprint density at radius 2 is 1.11 bits per heavy atom. The van der Waals surface area contributed by atoms with Gasteiger partial charge in [-0.15, -0.1) is 0 Å². The van der Waals surface area contributed by atoms with Gasteiger partial charge >= 0.3 is 0 Å². The van der Waals surface area contributed by atoms with Gasteiger partial charge in [0.15, 0.2) is 0 Å². The molecule has 0 fully saturated rings. The average molecular weight is 679 g/mol. The van der Waals surface area contributed by atoms with Crippen molar-refractivity contribution in [2.45, 2.75) is 39.0 Å². The van der Waals surface area contributed by atoms with Crippen molar-refractivity contribution in [3.8, 4) is 33.4 Å². The van der Waals surface area contributed by atoms with Crippen molar-refractivity contribution in [3.63, 3.8) is 0 Å². The van der Waals surface area contributed by atoms with E-state index in [1.165, 1.54) is 98.0 Å². The van der Waals surface area contributed by atoms with Crippen LogP contribution < -0.4 is 10.4 Å². The highest BCUT2D eigenvalue weighted by Gasteiger charge is 2.44. The first-order chi connectivity index (χ1) is 26.0. The lowest BCUT2D eigenvalue weighted by atomic mass is 9.74. The molecule has 0 nitrogen and oxygen atoms in total. The van der Waals surface area contributed by atoms with Crippen molar-refractivity contribution in [3.05, 3.63) is 179 Å². The van der Waals surface area contributed by atoms with Crippen LogP contribution in [0.5, 0.6) is 0 Å². The lowest BCUT2D eigenvalue weighted by Crippen LogP contribution is -2.29. The van der Waals surface area contributed by atoms with Crippen molar-refractivity contribution < 1.29 is 0 Å². The molecule has 2 aliphatic carbocycles. The van der Waals surface area contributed by atoms with E-state index in [2.05, 4.69) is 198 Å². The molecule has 0 amide bonds. The second kappa shape index (κ2) is 12.0. The maximum absolute atomic E-state index is 2.53. The van der Waals surface area contributed by atoms with Gasteiger partial charge in [-0.25, -0.2) is 0 Å². The van der Waals surface area contributed by atoms with Crippen molar-refractivity contribution >= 4 is 55.2 Å². The Balaban J connectivity index is 1.33. The highest BCUT2D eigenvalue weighted by molar-refractivity contribution is 6.18. The third-order valence-corrected chi connectivity index (χ3v) is 12.4. The van der Waals surface area contributed by atoms with Crippen molar-refractivity contribution in [2.75, 3.05) is 0 Å². The van der Waals surface area contributed by atoms with Gasteiger partial charge in [-0.2, -0.15) is 0 Å². The number of fused-ring (bicyclic) bond motifs is 8. The van der Waals surface area contributed by atoms with Crippen LogP contribution in [0.15, 0.2) is 158 Å². The minimum atomic E-state index is 0.0308. The topological polar surface area (TPSA) is 0 Å². The Labute approximate surface area is 311 Å². The molecule has 10 rings (SSSR count). The Hall–Kier alpha value is -5.98. The Morgan fingerprint density at radius 1 is 0.472 bits per heavy atom. The van der Waals surface area contributed by atoms with Gasteiger partial charge in [0.1, 0.15) is 0 Å². The lowest BCUT2D eigenvalue weighted by Gasteiger charge is -2.29. The zero-order valence-electron chi connectivity index (χ0n) is 30.8. The van der Waals surface area contributed by atoms with E-state index in [4.69, 9.17) is 0 Å². The van der Waals surface area contributed by atoms with Gasteiger partial charge in [0.25, 0.3) is 0 Å². The zero-order chi connectivity index (χ0) is 35.8. The Morgan fingerprint density at radius 3 is 1.92 bits per heavy atom. The largest absolute Gasteiger partial charge is 0.0796 e. The summed E-state index contributed by atoms with van der Waals surface area (Å²) in [5, 5.41) is 12.8. The first-order valence-electron chi connectivity index (χ1n) is 19.1. The third kappa shape index (κ3) is 4.75. The van der Waals surface area contributed by atoms with Crippen molar-refractivity contribution in [2.24, 2.45) is 5.92 Å². The van der Waals surface area contributed by atoms with Crippen LogP contribution in [0.4, 0.5) is 0 Å². The molecule has 2 aliphatic rings. The summed E-state index contributed by atoms with van der Waals surface area (Å²) in [7, 11) is 0. The second-order valence-electron chi connectivity index (χ2n) is 15.5. The molecule has 0 saturated carbocycles. The van der Waals surface area contributed by atoms with Crippen molar-refractivity contribution in [1.82, 2.24) is 0 Å². The van der Waals surface area contributed by atoms with E-state index in [9.17, 15) is 0 Å². The smallest absolute Gasteiger partial charge is 0.00953 e. The summed E-state index contributed by atoms with van der Waals surface area (Å²) in [6.07, 6.45) is 14.0. The molecule has 8 aromatic carbocycles. The van der Waals surface area contributed by atoms with Crippen LogP contribution in [0.25, 0.3) is 88.6 Å². The lowest BCUT2D eigenvalue weighted by molar-refractivity contribution is 0.394. The number of allylic oxidation sites excluding steroid dienone is 4. The summed E-state index contributed by atoms with van der Waals surface area (Å²) in [5.74, 6) is 0.893. The van der Waals surface area contributed by atoms with Gasteiger partial charge in [-0.3, -0.25) is 0 Å². The molecule has 0 spiro atoms. The van der Waals surface area contributed by atoms with E-state index in [1.54, 1.807) is 0 Å². The van der Waals surface area contributed by atoms with Crippen LogP contribution >= 0.6 is 0 Å². The van der Waals surface area contributed by atoms with Crippen LogP contribution in [-0.4, -0.2) is 0 Å². The summed E-state index contributed by atoms with van der Waals surface area (Å²) in [6, 6.07) is 50.3. The monoisotopic (exact) mass is 678 g/mol. The molecule has 0 aliphatic heterocycles. The summed E-state index contributed by atoms with van der Waals surface area (Å²) < 4.78 is 0. The van der Waals surface area contributed by atoms with E-state index >= 15 is 0 Å². The van der Waals surface area contributed by atoms with E-state index in [0.29, 0.717) is 11.8 Å². The minimum absolute atomic E-state index is 0.0308. The number of benzene rings is 8. The van der Waals surface area contributed by atoms with E-state index in [-0.39, 0.29) is 5.41 Å². The third-order valence-electron chi connectivity index (χ3n) is 12.4. The Kier molecular flexibility index (Phi) is 7.21. The van der Waals surface area contributed by atoms with Gasteiger partial charge in [0.05, 0.1) is 0 Å². The molecule has 2 atom stereocenters. The summed E-state index contributed by atoms with van der Waals surface area (Å²) in [4.78, 5) is 0. The summed E-state index contributed by atoms with van der Waals surface area (Å²) in [5.41, 5.74) is 10.6. The first kappa shape index (κ1) is 31.7. The molecule has 0 saturated heterocycles. The molecule has 0 radical (unpaired) electrons. The summed E-state index contributed by atoms with van der Waals surface area (Å²) in [6.45, 7) is 9.30. The SMILES string of the molecule is CC=c1c(-c2ccc3c(c2)C(C)(C)C2C=CC=CC32)c2cc(-c3ccc4ccccc4c3)ccc2c(-c2cc3ccccc3c3ccccc23)c1=CC. The van der Waals surface area contributed by atoms with Gasteiger partial charge in [0, 0.05) is 5.92 Å². The second-order valence-corrected chi connectivity index (χ2v) is 15.5. The van der Waals surface area contributed by atoms with Gasteiger partial charge in [-0.1, -0.05) is 166 Å². The molecule has 0 N–H and O–H groups in total. The number of hydrogen-bond acceptors (Lipinski definition) is 0. The first-order valence-corrected chi connectivity index (χ1v) is 19.1. The molecular weight excluding hydrogens is 637 g/mol. The van der Waals surface area contributed by atoms with Crippen LogP contribution in [0.2, 0.25) is 0 Å². The molecule has 53 heavy (non-hydrogen) atoms. The molecule has 0 heteroatoms. The number of rotatable bonds is 3. The van der Waals surface area contributed by atoms with Gasteiger partial charge < -0.3 is 0 Å². The highest BCUT2D eigenvalue weighted by Crippen LogP contribution is 2.53. The summed E-state index contributed by atoms with van der Waals surface area (Å²) >= 11 is 0. The molecule has 254 valence electrons. The molecule has 0 bridgehead atoms. The van der Waals surface area contributed by atoms with Crippen LogP contribution in [0.3, 0.4) is 0 Å². The predicted octanol–water partition coefficient (Wildman–Crippen LogP) is 13.0. The van der Waals surface area contributed by atoms with Gasteiger partial charge in [-0.05, 0) is 141 Å². The molecule has 0 heterocycles. The maximum atomic E-state index is 2.53. The van der Waals surface area contributed by atoms with Crippen LogP contribution in [-0.2, 0) is 5.41 Å². The fourth-order valence-electron chi connectivity index (χ4n) is 9.87. The average Bonchev–Trinajstić information content (AvgIpc) is 3.44.